The normalized spacial score (nSPS) is 12.2. The maximum atomic E-state index is 13.4. The van der Waals surface area contributed by atoms with E-state index in [1.54, 1.807) is 6.07 Å². The Balaban J connectivity index is 2.09. The minimum atomic E-state index is -0.482. The largest absolute Gasteiger partial charge is 0.457 e. The average molecular weight is 308 g/mol. The molecule has 0 heterocycles. The summed E-state index contributed by atoms with van der Waals surface area (Å²) in [5, 5.41) is 3.52. The molecule has 0 aliphatic rings. The molecule has 0 saturated heterocycles. The fraction of sp³-hybridized carbons (Fsp3) is 0.294. The lowest BCUT2D eigenvalue weighted by molar-refractivity contribution is 0.475. The van der Waals surface area contributed by atoms with E-state index in [9.17, 15) is 4.39 Å². The first kappa shape index (κ1) is 15.8. The van der Waals surface area contributed by atoms with E-state index < -0.39 is 5.82 Å². The monoisotopic (exact) mass is 307 g/mol. The van der Waals surface area contributed by atoms with Crippen molar-refractivity contribution in [3.8, 4) is 11.5 Å². The van der Waals surface area contributed by atoms with Gasteiger partial charge in [-0.05, 0) is 42.8 Å². The first-order valence-corrected chi connectivity index (χ1v) is 7.48. The van der Waals surface area contributed by atoms with Crippen molar-refractivity contribution in [2.75, 3.05) is 6.54 Å². The van der Waals surface area contributed by atoms with Crippen molar-refractivity contribution in [2.24, 2.45) is 0 Å². The van der Waals surface area contributed by atoms with Gasteiger partial charge in [0.2, 0.25) is 0 Å². The number of hydrogen-bond acceptors (Lipinski definition) is 2. The van der Waals surface area contributed by atoms with Crippen molar-refractivity contribution in [3.05, 3.63) is 58.9 Å². The Labute approximate surface area is 129 Å². The van der Waals surface area contributed by atoms with Gasteiger partial charge in [0.05, 0.1) is 5.02 Å². The first-order valence-electron chi connectivity index (χ1n) is 7.10. The fourth-order valence-corrected chi connectivity index (χ4v) is 2.31. The van der Waals surface area contributed by atoms with Gasteiger partial charge in [0, 0.05) is 12.1 Å². The van der Waals surface area contributed by atoms with Crippen LogP contribution in [-0.4, -0.2) is 6.54 Å². The van der Waals surface area contributed by atoms with Gasteiger partial charge in [0.25, 0.3) is 0 Å². The molecule has 21 heavy (non-hydrogen) atoms. The van der Waals surface area contributed by atoms with Crippen molar-refractivity contribution >= 4 is 11.6 Å². The van der Waals surface area contributed by atoms with Gasteiger partial charge in [-0.3, -0.25) is 0 Å². The maximum absolute atomic E-state index is 13.4. The maximum Gasteiger partial charge on any atom is 0.145 e. The average Bonchev–Trinajstić information content (AvgIpc) is 2.49. The second-order valence-corrected chi connectivity index (χ2v) is 5.17. The van der Waals surface area contributed by atoms with Crippen LogP contribution in [0.1, 0.15) is 31.9 Å². The molecule has 2 nitrogen and oxygen atoms in total. The molecule has 0 bridgehead atoms. The molecule has 1 N–H and O–H groups in total. The predicted octanol–water partition coefficient (Wildman–Crippen LogP) is 5.33. The minimum Gasteiger partial charge on any atom is -0.457 e. The van der Waals surface area contributed by atoms with Gasteiger partial charge in [-0.15, -0.1) is 0 Å². The Kier molecular flexibility index (Phi) is 5.59. The summed E-state index contributed by atoms with van der Waals surface area (Å²) in [5.74, 6) is 0.624. The molecule has 0 aromatic heterocycles. The molecule has 0 aliphatic carbocycles. The number of halogens is 2. The summed E-state index contributed by atoms with van der Waals surface area (Å²) in [6.45, 7) is 5.17. The number of rotatable bonds is 6. The van der Waals surface area contributed by atoms with Crippen LogP contribution in [0.15, 0.2) is 42.5 Å². The zero-order valence-electron chi connectivity index (χ0n) is 12.2. The summed E-state index contributed by atoms with van der Waals surface area (Å²) in [6, 6.07) is 12.6. The van der Waals surface area contributed by atoms with Crippen molar-refractivity contribution in [2.45, 2.75) is 26.3 Å². The van der Waals surface area contributed by atoms with Crippen LogP contribution in [0.5, 0.6) is 11.5 Å². The Bertz CT molecular complexity index is 586. The summed E-state index contributed by atoms with van der Waals surface area (Å²) in [7, 11) is 0. The molecule has 2 aromatic carbocycles. The van der Waals surface area contributed by atoms with E-state index in [0.717, 1.165) is 13.0 Å². The third kappa shape index (κ3) is 4.19. The summed E-state index contributed by atoms with van der Waals surface area (Å²) in [5.41, 5.74) is 1.22. The molecule has 0 fully saturated rings. The van der Waals surface area contributed by atoms with Crippen molar-refractivity contribution < 1.29 is 9.13 Å². The summed E-state index contributed by atoms with van der Waals surface area (Å²) >= 11 is 5.65. The Morgan fingerprint density at radius 2 is 1.76 bits per heavy atom. The lowest BCUT2D eigenvalue weighted by Gasteiger charge is -2.16. The van der Waals surface area contributed by atoms with Gasteiger partial charge in [-0.2, -0.15) is 0 Å². The summed E-state index contributed by atoms with van der Waals surface area (Å²) < 4.78 is 19.0. The Morgan fingerprint density at radius 3 is 2.33 bits per heavy atom. The minimum absolute atomic E-state index is 0.0918. The molecule has 0 saturated carbocycles. The number of ether oxygens (including phenoxy) is 1. The van der Waals surface area contributed by atoms with Gasteiger partial charge >= 0.3 is 0 Å². The summed E-state index contributed by atoms with van der Waals surface area (Å²) in [4.78, 5) is 0. The van der Waals surface area contributed by atoms with Crippen LogP contribution in [0.3, 0.4) is 0 Å². The van der Waals surface area contributed by atoms with Crippen molar-refractivity contribution in [1.29, 1.82) is 0 Å². The Hall–Kier alpha value is -1.58. The van der Waals surface area contributed by atoms with E-state index in [-0.39, 0.29) is 5.02 Å². The predicted molar refractivity (Wildman–Crippen MR) is 84.6 cm³/mol. The van der Waals surface area contributed by atoms with Crippen LogP contribution in [0.2, 0.25) is 5.02 Å². The van der Waals surface area contributed by atoms with Crippen LogP contribution in [-0.2, 0) is 0 Å². The van der Waals surface area contributed by atoms with Crippen LogP contribution in [0.25, 0.3) is 0 Å². The smallest absolute Gasteiger partial charge is 0.145 e. The van der Waals surface area contributed by atoms with E-state index >= 15 is 0 Å². The lowest BCUT2D eigenvalue weighted by Crippen LogP contribution is -2.19. The zero-order chi connectivity index (χ0) is 15.2. The molecular formula is C17H19ClFNO. The highest BCUT2D eigenvalue weighted by Crippen LogP contribution is 2.27. The Morgan fingerprint density at radius 1 is 1.10 bits per heavy atom. The van der Waals surface area contributed by atoms with Gasteiger partial charge in [0.1, 0.15) is 17.3 Å². The van der Waals surface area contributed by atoms with Crippen LogP contribution in [0.4, 0.5) is 4.39 Å². The molecule has 0 radical (unpaired) electrons. The molecule has 2 aromatic rings. The van der Waals surface area contributed by atoms with E-state index in [4.69, 9.17) is 16.3 Å². The van der Waals surface area contributed by atoms with Gasteiger partial charge in [-0.1, -0.05) is 37.6 Å². The highest BCUT2D eigenvalue weighted by molar-refractivity contribution is 6.30. The fourth-order valence-electron chi connectivity index (χ4n) is 2.19. The summed E-state index contributed by atoms with van der Waals surface area (Å²) in [6.07, 6.45) is 1.02. The molecule has 0 spiro atoms. The highest BCUT2D eigenvalue weighted by atomic mass is 35.5. The SMILES string of the molecule is CCNC(CC)c1ccc(Oc2ccc(Cl)c(F)c2)cc1. The van der Waals surface area contributed by atoms with E-state index in [1.807, 2.05) is 24.3 Å². The quantitative estimate of drug-likeness (QED) is 0.778. The standard InChI is InChI=1S/C17H19ClFNO/c1-3-17(20-4-2)12-5-7-13(8-6-12)21-14-9-10-15(18)16(19)11-14/h5-11,17,20H,3-4H2,1-2H3. The molecule has 0 aliphatic heterocycles. The van der Waals surface area contributed by atoms with E-state index in [0.29, 0.717) is 17.5 Å². The molecular weight excluding hydrogens is 289 g/mol. The molecule has 1 atom stereocenters. The van der Waals surface area contributed by atoms with E-state index in [2.05, 4.69) is 19.2 Å². The second kappa shape index (κ2) is 7.43. The number of nitrogens with one attached hydrogen (secondary N) is 1. The molecule has 4 heteroatoms. The third-order valence-corrected chi connectivity index (χ3v) is 3.57. The van der Waals surface area contributed by atoms with Crippen molar-refractivity contribution in [1.82, 2.24) is 5.32 Å². The molecule has 1 unspecified atom stereocenters. The second-order valence-electron chi connectivity index (χ2n) is 4.77. The number of hydrogen-bond donors (Lipinski definition) is 1. The lowest BCUT2D eigenvalue weighted by atomic mass is 10.0. The van der Waals surface area contributed by atoms with Gasteiger partial charge < -0.3 is 10.1 Å². The molecule has 112 valence electrons. The van der Waals surface area contributed by atoms with Gasteiger partial charge in [0.15, 0.2) is 0 Å². The van der Waals surface area contributed by atoms with Gasteiger partial charge in [-0.25, -0.2) is 4.39 Å². The topological polar surface area (TPSA) is 21.3 Å². The van der Waals surface area contributed by atoms with Crippen LogP contribution < -0.4 is 10.1 Å². The molecule has 0 amide bonds. The van der Waals surface area contributed by atoms with Crippen molar-refractivity contribution in [3.63, 3.8) is 0 Å². The first-order chi connectivity index (χ1) is 10.1. The zero-order valence-corrected chi connectivity index (χ0v) is 13.0. The highest BCUT2D eigenvalue weighted by Gasteiger charge is 2.08. The number of benzene rings is 2. The molecule has 2 rings (SSSR count). The van der Waals surface area contributed by atoms with Crippen LogP contribution >= 0.6 is 11.6 Å². The third-order valence-electron chi connectivity index (χ3n) is 3.27. The van der Waals surface area contributed by atoms with Crippen LogP contribution in [0, 0.1) is 5.82 Å². The van der Waals surface area contributed by atoms with E-state index in [1.165, 1.54) is 17.7 Å².